The Morgan fingerprint density at radius 2 is 1.75 bits per heavy atom. The first kappa shape index (κ1) is 13.8. The summed E-state index contributed by atoms with van der Waals surface area (Å²) in [4.78, 5) is 23.0. The van der Waals surface area contributed by atoms with Crippen LogP contribution in [0.25, 0.3) is 0 Å². The Bertz CT molecular complexity index is 647. The highest BCUT2D eigenvalue weighted by Crippen LogP contribution is 2.12. The molecule has 4 nitrogen and oxygen atoms in total. The third-order valence-corrected chi connectivity index (χ3v) is 2.73. The number of esters is 1. The van der Waals surface area contributed by atoms with Crippen molar-refractivity contribution in [2.45, 2.75) is 6.61 Å². The fourth-order valence-corrected chi connectivity index (χ4v) is 1.62. The van der Waals surface area contributed by atoms with Gasteiger partial charge in [-0.2, -0.15) is 0 Å². The maximum absolute atomic E-state index is 11.8. The molecule has 0 heterocycles. The molecule has 0 bridgehead atoms. The quantitative estimate of drug-likeness (QED) is 0.801. The van der Waals surface area contributed by atoms with Gasteiger partial charge in [0, 0.05) is 0 Å². The summed E-state index contributed by atoms with van der Waals surface area (Å²) in [5.41, 5.74) is 1.06. The molecule has 0 spiro atoms. The smallest absolute Gasteiger partial charge is 0.338 e. The lowest BCUT2D eigenvalue weighted by Crippen LogP contribution is -2.04. The monoisotopic (exact) mass is 270 g/mol. The zero-order valence-electron chi connectivity index (χ0n) is 11.0. The fourth-order valence-electron chi connectivity index (χ4n) is 1.62. The molecule has 0 atom stereocenters. The van der Waals surface area contributed by atoms with Crippen molar-refractivity contribution in [2.75, 3.05) is 7.11 Å². The molecular weight excluding hydrogens is 256 g/mol. The van der Waals surface area contributed by atoms with Crippen molar-refractivity contribution < 1.29 is 14.3 Å². The van der Waals surface area contributed by atoms with Gasteiger partial charge in [-0.25, -0.2) is 4.79 Å². The molecule has 4 heteroatoms. The molecule has 0 radical (unpaired) electrons. The summed E-state index contributed by atoms with van der Waals surface area (Å²) in [5, 5.41) is 0. The molecular formula is C16H14O4. The second kappa shape index (κ2) is 6.52. The molecule has 20 heavy (non-hydrogen) atoms. The molecule has 0 saturated carbocycles. The van der Waals surface area contributed by atoms with Crippen LogP contribution in [0.2, 0.25) is 0 Å². The van der Waals surface area contributed by atoms with E-state index in [1.165, 1.54) is 24.3 Å². The van der Waals surface area contributed by atoms with Crippen LogP contribution in [0.3, 0.4) is 0 Å². The fraction of sp³-hybridized carbons (Fsp3) is 0.125. The third kappa shape index (κ3) is 3.68. The van der Waals surface area contributed by atoms with Gasteiger partial charge in [0.25, 0.3) is 0 Å². The number of methoxy groups -OCH3 is 1. The average Bonchev–Trinajstić information content (AvgIpc) is 2.70. The van der Waals surface area contributed by atoms with Crippen molar-refractivity contribution >= 4 is 5.97 Å². The molecule has 0 N–H and O–H groups in total. The van der Waals surface area contributed by atoms with E-state index >= 15 is 0 Å². The van der Waals surface area contributed by atoms with Crippen molar-refractivity contribution in [3.05, 3.63) is 75.9 Å². The molecule has 0 unspecified atom stereocenters. The number of hydrogen-bond acceptors (Lipinski definition) is 4. The molecule has 0 fully saturated rings. The average molecular weight is 270 g/mol. The largest absolute Gasteiger partial charge is 0.497 e. The van der Waals surface area contributed by atoms with Crippen molar-refractivity contribution in [2.24, 2.45) is 0 Å². The van der Waals surface area contributed by atoms with Crippen molar-refractivity contribution in [3.8, 4) is 5.75 Å². The van der Waals surface area contributed by atoms with Crippen LogP contribution in [-0.2, 0) is 11.3 Å². The Labute approximate surface area is 116 Å². The van der Waals surface area contributed by atoms with Crippen molar-refractivity contribution in [1.82, 2.24) is 0 Å². The molecule has 0 saturated heterocycles. The molecule has 2 rings (SSSR count). The number of rotatable bonds is 4. The number of ether oxygens (including phenoxy) is 2. The maximum atomic E-state index is 11.8. The lowest BCUT2D eigenvalue weighted by molar-refractivity contribution is 0.0473. The first-order valence-electron chi connectivity index (χ1n) is 6.09. The number of carbonyl (C=O) groups is 1. The van der Waals surface area contributed by atoms with E-state index in [0.29, 0.717) is 5.56 Å². The van der Waals surface area contributed by atoms with Crippen LogP contribution in [-0.4, -0.2) is 13.1 Å². The van der Waals surface area contributed by atoms with E-state index in [0.717, 1.165) is 11.3 Å². The van der Waals surface area contributed by atoms with Crippen LogP contribution in [0.5, 0.6) is 5.75 Å². The summed E-state index contributed by atoms with van der Waals surface area (Å²) in [6.45, 7) is 0.172. The highest BCUT2D eigenvalue weighted by Gasteiger charge is 2.06. The van der Waals surface area contributed by atoms with E-state index < -0.39 is 5.97 Å². The van der Waals surface area contributed by atoms with E-state index in [4.69, 9.17) is 9.47 Å². The van der Waals surface area contributed by atoms with E-state index in [9.17, 15) is 9.59 Å². The van der Waals surface area contributed by atoms with Crippen LogP contribution in [0, 0.1) is 0 Å². The molecule has 0 amide bonds. The standard InChI is InChI=1S/C16H14O4/c1-19-15-9-5-12(6-10-15)11-20-16(18)13-3-2-4-14(17)8-7-13/h2-10H,11H2,1H3. The molecule has 2 aromatic carbocycles. The van der Waals surface area contributed by atoms with Gasteiger partial charge in [-0.05, 0) is 42.0 Å². The van der Waals surface area contributed by atoms with Crippen LogP contribution in [0.4, 0.5) is 0 Å². The lowest BCUT2D eigenvalue weighted by Gasteiger charge is -2.05. The van der Waals surface area contributed by atoms with Gasteiger partial charge in [-0.1, -0.05) is 18.2 Å². The minimum absolute atomic E-state index is 0.154. The van der Waals surface area contributed by atoms with Gasteiger partial charge in [-0.3, -0.25) is 4.79 Å². The summed E-state index contributed by atoms with van der Waals surface area (Å²) in [5.74, 6) is 0.287. The zero-order chi connectivity index (χ0) is 14.4. The summed E-state index contributed by atoms with van der Waals surface area (Å²) in [7, 11) is 1.59. The third-order valence-electron chi connectivity index (χ3n) is 2.73. The van der Waals surface area contributed by atoms with Crippen LogP contribution >= 0.6 is 0 Å². The zero-order valence-corrected chi connectivity index (χ0v) is 11.0. The highest BCUT2D eigenvalue weighted by molar-refractivity contribution is 5.89. The lowest BCUT2D eigenvalue weighted by atomic mass is 10.2. The topological polar surface area (TPSA) is 52.6 Å². The van der Waals surface area contributed by atoms with Gasteiger partial charge in [0.15, 0.2) is 5.43 Å². The van der Waals surface area contributed by atoms with Gasteiger partial charge in [0.1, 0.15) is 12.4 Å². The molecule has 0 aliphatic heterocycles. The second-order valence-corrected chi connectivity index (χ2v) is 4.14. The SMILES string of the molecule is COc1ccc(COC(=O)c2cccc(=O)cc2)cc1. The number of benzene rings is 1. The molecule has 0 aliphatic carbocycles. The Morgan fingerprint density at radius 3 is 2.45 bits per heavy atom. The molecule has 0 aliphatic rings. The minimum Gasteiger partial charge on any atom is -0.497 e. The normalized spacial score (nSPS) is 9.85. The predicted octanol–water partition coefficient (Wildman–Crippen LogP) is 2.41. The Morgan fingerprint density at radius 1 is 1.00 bits per heavy atom. The van der Waals surface area contributed by atoms with Gasteiger partial charge < -0.3 is 9.47 Å². The molecule has 0 aromatic heterocycles. The van der Waals surface area contributed by atoms with Gasteiger partial charge in [0.2, 0.25) is 0 Å². The van der Waals surface area contributed by atoms with Crippen LogP contribution in [0.15, 0.2) is 59.4 Å². The maximum Gasteiger partial charge on any atom is 0.338 e. The van der Waals surface area contributed by atoms with Gasteiger partial charge >= 0.3 is 5.97 Å². The van der Waals surface area contributed by atoms with E-state index in [1.807, 2.05) is 12.1 Å². The van der Waals surface area contributed by atoms with Gasteiger partial charge in [0.05, 0.1) is 12.7 Å². The van der Waals surface area contributed by atoms with E-state index in [2.05, 4.69) is 0 Å². The predicted molar refractivity (Wildman–Crippen MR) is 74.8 cm³/mol. The van der Waals surface area contributed by atoms with Crippen LogP contribution < -0.4 is 10.2 Å². The Balaban J connectivity index is 2.01. The summed E-state index contributed by atoms with van der Waals surface area (Å²) in [6, 6.07) is 14.5. The van der Waals surface area contributed by atoms with Crippen LogP contribution in [0.1, 0.15) is 15.9 Å². The van der Waals surface area contributed by atoms with E-state index in [1.54, 1.807) is 25.3 Å². The first-order chi connectivity index (χ1) is 9.69. The highest BCUT2D eigenvalue weighted by atomic mass is 16.5. The molecule has 102 valence electrons. The minimum atomic E-state index is -0.462. The first-order valence-corrected chi connectivity index (χ1v) is 6.09. The van der Waals surface area contributed by atoms with Crippen molar-refractivity contribution in [1.29, 1.82) is 0 Å². The van der Waals surface area contributed by atoms with Gasteiger partial charge in [-0.15, -0.1) is 0 Å². The number of hydrogen-bond donors (Lipinski definition) is 0. The summed E-state index contributed by atoms with van der Waals surface area (Å²) >= 11 is 0. The van der Waals surface area contributed by atoms with Crippen molar-refractivity contribution in [3.63, 3.8) is 0 Å². The van der Waals surface area contributed by atoms with E-state index in [-0.39, 0.29) is 12.0 Å². The summed E-state index contributed by atoms with van der Waals surface area (Å²) < 4.78 is 10.2. The number of carbonyl (C=O) groups excluding carboxylic acids is 1. The Kier molecular flexibility index (Phi) is 4.50. The summed E-state index contributed by atoms with van der Waals surface area (Å²) in [6.07, 6.45) is 0. The Hall–Kier alpha value is -2.62. The second-order valence-electron chi connectivity index (χ2n) is 4.14. The molecule has 2 aromatic rings.